The third-order valence-electron chi connectivity index (χ3n) is 6.37. The first-order valence-corrected chi connectivity index (χ1v) is 12.5. The Kier molecular flexibility index (Phi) is 7.56. The van der Waals surface area contributed by atoms with Crippen LogP contribution in [0.3, 0.4) is 0 Å². The fraction of sp³-hybridized carbons (Fsp3) is 0.762. The van der Waals surface area contributed by atoms with E-state index in [-0.39, 0.29) is 47.6 Å². The topological polar surface area (TPSA) is 87.2 Å². The van der Waals surface area contributed by atoms with Crippen LogP contribution < -0.4 is 0 Å². The Balaban J connectivity index is 2.01. The first-order valence-electron chi connectivity index (χ1n) is 10.7. The fourth-order valence-electron chi connectivity index (χ4n) is 5.23. The van der Waals surface area contributed by atoms with E-state index in [1.54, 1.807) is 29.7 Å². The summed E-state index contributed by atoms with van der Waals surface area (Å²) in [5.74, 6) is -1.89. The number of fused-ring (bicyclic) bond motifs is 1. The van der Waals surface area contributed by atoms with Crippen molar-refractivity contribution < 1.29 is 24.2 Å². The molecule has 30 heavy (non-hydrogen) atoms. The number of unbranched alkanes of at least 4 members (excludes halogenated alkanes) is 1. The van der Waals surface area contributed by atoms with Crippen LogP contribution in [0.4, 0.5) is 0 Å². The van der Waals surface area contributed by atoms with Gasteiger partial charge in [0.15, 0.2) is 0 Å². The Morgan fingerprint density at radius 3 is 2.80 bits per heavy atom. The van der Waals surface area contributed by atoms with Gasteiger partial charge in [-0.1, -0.05) is 35.4 Å². The minimum absolute atomic E-state index is 0.0221. The average molecular weight is 503 g/mol. The largest absolute Gasteiger partial charge is 0.466 e. The van der Waals surface area contributed by atoms with E-state index in [0.717, 1.165) is 12.8 Å². The zero-order valence-electron chi connectivity index (χ0n) is 17.6. The number of carbonyl (C=O) groups excluding carboxylic acids is 3. The lowest BCUT2D eigenvalue weighted by molar-refractivity contribution is -0.153. The summed E-state index contributed by atoms with van der Waals surface area (Å²) in [6, 6.07) is -0.701. The number of hydrogen-bond donors (Lipinski definition) is 1. The average Bonchev–Trinajstić information content (AvgIpc) is 3.29. The molecule has 3 rings (SSSR count). The summed E-state index contributed by atoms with van der Waals surface area (Å²) in [6.07, 6.45) is 4.13. The van der Waals surface area contributed by atoms with Crippen LogP contribution in [0.1, 0.15) is 33.1 Å². The van der Waals surface area contributed by atoms with Gasteiger partial charge < -0.3 is 19.6 Å². The molecule has 6 atom stereocenters. The van der Waals surface area contributed by atoms with E-state index in [4.69, 9.17) is 4.74 Å². The van der Waals surface area contributed by atoms with Crippen molar-refractivity contribution in [3.63, 3.8) is 0 Å². The van der Waals surface area contributed by atoms with Crippen LogP contribution in [0.2, 0.25) is 0 Å². The van der Waals surface area contributed by atoms with Crippen LogP contribution in [0.5, 0.6) is 0 Å². The summed E-state index contributed by atoms with van der Waals surface area (Å²) in [6.45, 7) is 8.69. The predicted octanol–water partition coefficient (Wildman–Crippen LogP) is 1.82. The molecule has 7 nitrogen and oxygen atoms in total. The molecular formula is C21H31BrN2O5S. The van der Waals surface area contributed by atoms with Crippen molar-refractivity contribution in [1.29, 1.82) is 0 Å². The SMILES string of the molecule is C=CCN(CCCC)C(=O)C1N(CCO)C(=O)[C@@H]2[C@H](C(=O)OCC)[C@H]3SC12CC3Br. The number of halogens is 1. The quantitative estimate of drug-likeness (QED) is 0.278. The van der Waals surface area contributed by atoms with Crippen molar-refractivity contribution >= 4 is 45.5 Å². The number of amides is 2. The van der Waals surface area contributed by atoms with Gasteiger partial charge in [-0.2, -0.15) is 0 Å². The standard InChI is InChI=1S/C21H31BrN2O5S/c1-4-7-9-23(8-5-2)19(27)17-21-12-13(22)16(30-21)14(20(28)29-6-3)15(21)18(26)24(17)10-11-25/h5,13-17,25H,2,4,6-12H2,1,3H3/t13?,14-,15-,16-,17?,21?/m0/s1. The van der Waals surface area contributed by atoms with Crippen molar-refractivity contribution in [2.75, 3.05) is 32.8 Å². The second-order valence-electron chi connectivity index (χ2n) is 8.10. The van der Waals surface area contributed by atoms with E-state index in [1.165, 1.54) is 4.90 Å². The number of thioether (sulfide) groups is 1. The minimum atomic E-state index is -0.701. The molecule has 3 heterocycles. The highest BCUT2D eigenvalue weighted by atomic mass is 79.9. The molecule has 3 aliphatic heterocycles. The zero-order valence-corrected chi connectivity index (χ0v) is 20.0. The van der Waals surface area contributed by atoms with Crippen molar-refractivity contribution in [3.8, 4) is 0 Å². The van der Waals surface area contributed by atoms with Gasteiger partial charge in [0.2, 0.25) is 11.8 Å². The molecule has 168 valence electrons. The number of ether oxygens (including phenoxy) is 1. The monoisotopic (exact) mass is 502 g/mol. The smallest absolute Gasteiger partial charge is 0.310 e. The van der Waals surface area contributed by atoms with Gasteiger partial charge in [-0.3, -0.25) is 14.4 Å². The van der Waals surface area contributed by atoms with E-state index in [2.05, 4.69) is 29.4 Å². The molecule has 3 aliphatic rings. The van der Waals surface area contributed by atoms with Gasteiger partial charge in [0.1, 0.15) is 6.04 Å². The van der Waals surface area contributed by atoms with Crippen molar-refractivity contribution in [3.05, 3.63) is 12.7 Å². The van der Waals surface area contributed by atoms with E-state index < -0.39 is 22.6 Å². The van der Waals surface area contributed by atoms with Crippen LogP contribution in [0.25, 0.3) is 0 Å². The molecule has 3 unspecified atom stereocenters. The lowest BCUT2D eigenvalue weighted by Crippen LogP contribution is -2.55. The number of β-amino-alcohol motifs (C(OH)–C–C–N with tert-alkyl or cyclic N) is 1. The van der Waals surface area contributed by atoms with E-state index in [0.29, 0.717) is 19.5 Å². The zero-order chi connectivity index (χ0) is 22.1. The van der Waals surface area contributed by atoms with Gasteiger partial charge in [-0.15, -0.1) is 18.3 Å². The molecule has 0 saturated carbocycles. The molecule has 0 aliphatic carbocycles. The Bertz CT molecular complexity index is 707. The third kappa shape index (κ3) is 3.71. The van der Waals surface area contributed by atoms with Crippen LogP contribution in [0.15, 0.2) is 12.7 Å². The number of alkyl halides is 1. The summed E-state index contributed by atoms with van der Waals surface area (Å²) in [4.78, 5) is 43.3. The van der Waals surface area contributed by atoms with Gasteiger partial charge in [0.25, 0.3) is 0 Å². The number of nitrogens with zero attached hydrogens (tertiary/aromatic N) is 2. The Morgan fingerprint density at radius 2 is 2.20 bits per heavy atom. The highest BCUT2D eigenvalue weighted by Gasteiger charge is 2.76. The number of aliphatic hydroxyl groups is 1. The van der Waals surface area contributed by atoms with Gasteiger partial charge in [-0.05, 0) is 19.8 Å². The van der Waals surface area contributed by atoms with Crippen LogP contribution in [-0.2, 0) is 19.1 Å². The fourth-order valence-corrected chi connectivity index (χ4v) is 8.83. The van der Waals surface area contributed by atoms with Crippen molar-refractivity contribution in [2.45, 2.75) is 54.0 Å². The normalized spacial score (nSPS) is 34.2. The predicted molar refractivity (Wildman–Crippen MR) is 119 cm³/mol. The molecule has 1 N–H and O–H groups in total. The maximum Gasteiger partial charge on any atom is 0.310 e. The van der Waals surface area contributed by atoms with Crippen molar-refractivity contribution in [1.82, 2.24) is 9.80 Å². The number of esters is 1. The first kappa shape index (κ1) is 23.6. The first-order chi connectivity index (χ1) is 14.4. The van der Waals surface area contributed by atoms with Gasteiger partial charge >= 0.3 is 5.97 Å². The number of rotatable bonds is 10. The van der Waals surface area contributed by atoms with E-state index in [1.807, 2.05) is 0 Å². The number of likely N-dealkylation sites (tertiary alicyclic amines) is 1. The van der Waals surface area contributed by atoms with Gasteiger partial charge in [0, 0.05) is 29.7 Å². The Hall–Kier alpha value is -1.06. The van der Waals surface area contributed by atoms with Crippen LogP contribution >= 0.6 is 27.7 Å². The summed E-state index contributed by atoms with van der Waals surface area (Å²) < 4.78 is 4.62. The highest BCUT2D eigenvalue weighted by Crippen LogP contribution is 2.67. The minimum Gasteiger partial charge on any atom is -0.466 e. The second kappa shape index (κ2) is 9.61. The molecule has 0 radical (unpaired) electrons. The summed E-state index contributed by atoms with van der Waals surface area (Å²) in [5.41, 5.74) is 0. The molecule has 0 aromatic heterocycles. The van der Waals surface area contributed by atoms with Gasteiger partial charge in [0.05, 0.1) is 29.8 Å². The molecule has 1 spiro atoms. The molecule has 2 bridgehead atoms. The maximum absolute atomic E-state index is 13.8. The second-order valence-corrected chi connectivity index (χ2v) is 10.8. The summed E-state index contributed by atoms with van der Waals surface area (Å²) in [7, 11) is 0. The lowest BCUT2D eigenvalue weighted by atomic mass is 9.71. The van der Waals surface area contributed by atoms with Gasteiger partial charge in [-0.25, -0.2) is 0 Å². The Labute approximate surface area is 190 Å². The third-order valence-corrected chi connectivity index (χ3v) is 9.59. The Morgan fingerprint density at radius 1 is 1.47 bits per heavy atom. The number of hydrogen-bond acceptors (Lipinski definition) is 6. The number of aliphatic hydroxyl groups excluding tert-OH is 1. The molecule has 0 aromatic carbocycles. The van der Waals surface area contributed by atoms with E-state index in [9.17, 15) is 19.5 Å². The number of carbonyl (C=O) groups is 3. The molecular weight excluding hydrogens is 472 g/mol. The molecule has 9 heteroatoms. The lowest BCUT2D eigenvalue weighted by Gasteiger charge is -2.37. The van der Waals surface area contributed by atoms with Crippen LogP contribution in [-0.4, -0.2) is 86.4 Å². The van der Waals surface area contributed by atoms with E-state index >= 15 is 0 Å². The molecule has 3 fully saturated rings. The van der Waals surface area contributed by atoms with Crippen LogP contribution in [0, 0.1) is 11.8 Å². The van der Waals surface area contributed by atoms with Crippen molar-refractivity contribution in [2.24, 2.45) is 11.8 Å². The summed E-state index contributed by atoms with van der Waals surface area (Å²) in [5, 5.41) is 9.52. The maximum atomic E-state index is 13.8. The highest BCUT2D eigenvalue weighted by molar-refractivity contribution is 9.09. The molecule has 3 saturated heterocycles. The summed E-state index contributed by atoms with van der Waals surface area (Å²) >= 11 is 5.29. The molecule has 2 amide bonds. The molecule has 0 aromatic rings.